The van der Waals surface area contributed by atoms with E-state index in [1.54, 1.807) is 6.92 Å². The van der Waals surface area contributed by atoms with Gasteiger partial charge in [-0.3, -0.25) is 14.5 Å². The van der Waals surface area contributed by atoms with Crippen molar-refractivity contribution in [2.75, 3.05) is 18.6 Å². The first kappa shape index (κ1) is 18.5. The number of ether oxygens (including phenoxy) is 2. The highest BCUT2D eigenvalue weighted by Gasteiger charge is 2.28. The maximum absolute atomic E-state index is 13.2. The molecule has 0 aliphatic carbocycles. The first-order chi connectivity index (χ1) is 12.0. The molecule has 1 aromatic heterocycles. The molecule has 0 saturated heterocycles. The van der Waals surface area contributed by atoms with Crippen LogP contribution in [0.2, 0.25) is 0 Å². The maximum atomic E-state index is 13.2. The van der Waals surface area contributed by atoms with Crippen LogP contribution in [0.4, 0.5) is 15.1 Å². The number of nitrogens with zero attached hydrogens (tertiary/aromatic N) is 2. The van der Waals surface area contributed by atoms with Crippen molar-refractivity contribution >= 4 is 39.9 Å². The molecule has 0 saturated carbocycles. The molecule has 2 rings (SSSR count). The van der Waals surface area contributed by atoms with E-state index >= 15 is 0 Å². The largest absolute Gasteiger partial charge is 0.469 e. The zero-order valence-corrected chi connectivity index (χ0v) is 14.3. The molecular formula is C16H15FN2O5S. The predicted octanol–water partition coefficient (Wildman–Crippen LogP) is 2.69. The van der Waals surface area contributed by atoms with Crippen LogP contribution in [0.5, 0.6) is 0 Å². The molecule has 9 heteroatoms. The fourth-order valence-electron chi connectivity index (χ4n) is 1.98. The van der Waals surface area contributed by atoms with Crippen LogP contribution in [0, 0.1) is 5.82 Å². The van der Waals surface area contributed by atoms with E-state index in [-0.39, 0.29) is 23.0 Å². The molecule has 0 unspecified atom stereocenters. The van der Waals surface area contributed by atoms with E-state index in [9.17, 15) is 18.8 Å². The summed E-state index contributed by atoms with van der Waals surface area (Å²) < 4.78 is 22.6. The number of aromatic nitrogens is 1. The van der Waals surface area contributed by atoms with Crippen LogP contribution in [0.25, 0.3) is 0 Å². The van der Waals surface area contributed by atoms with Gasteiger partial charge in [0.1, 0.15) is 17.2 Å². The Labute approximate surface area is 147 Å². The summed E-state index contributed by atoms with van der Waals surface area (Å²) in [4.78, 5) is 41.2. The monoisotopic (exact) mass is 366 g/mol. The second-order valence-electron chi connectivity index (χ2n) is 4.69. The van der Waals surface area contributed by atoms with Crippen molar-refractivity contribution in [3.8, 4) is 0 Å². The van der Waals surface area contributed by atoms with Crippen LogP contribution >= 0.6 is 11.3 Å². The highest BCUT2D eigenvalue weighted by Crippen LogP contribution is 2.33. The summed E-state index contributed by atoms with van der Waals surface area (Å²) >= 11 is 1.02. The van der Waals surface area contributed by atoms with Gasteiger partial charge in [-0.2, -0.15) is 0 Å². The lowest BCUT2D eigenvalue weighted by Gasteiger charge is -2.21. The van der Waals surface area contributed by atoms with Crippen molar-refractivity contribution < 1.29 is 28.2 Å². The van der Waals surface area contributed by atoms with Crippen molar-refractivity contribution in [3.63, 3.8) is 0 Å². The van der Waals surface area contributed by atoms with Gasteiger partial charge in [-0.15, -0.1) is 11.3 Å². The molecule has 0 aliphatic rings. The molecule has 0 N–H and O–H groups in total. The van der Waals surface area contributed by atoms with Gasteiger partial charge in [-0.25, -0.2) is 14.2 Å². The highest BCUT2D eigenvalue weighted by molar-refractivity contribution is 7.14. The number of halogens is 1. The molecular weight excluding hydrogens is 351 g/mol. The number of rotatable bonds is 6. The fourth-order valence-corrected chi connectivity index (χ4v) is 2.80. The SMILES string of the molecule is CCOC(=O)c1ncsc1N(C(=O)CC(=O)OC)c1ccc(F)cc1. The molecule has 1 aromatic carbocycles. The Balaban J connectivity index is 2.47. The molecule has 0 bridgehead atoms. The number of carbonyl (C=O) groups excluding carboxylic acids is 3. The van der Waals surface area contributed by atoms with Crippen LogP contribution in [-0.2, 0) is 19.1 Å². The summed E-state index contributed by atoms with van der Waals surface area (Å²) in [7, 11) is 1.16. The summed E-state index contributed by atoms with van der Waals surface area (Å²) in [5.41, 5.74) is 1.60. The Bertz CT molecular complexity index is 775. The normalized spacial score (nSPS) is 10.2. The van der Waals surface area contributed by atoms with Gasteiger partial charge < -0.3 is 9.47 Å². The number of esters is 2. The summed E-state index contributed by atoms with van der Waals surface area (Å²) in [6.45, 7) is 1.78. The lowest BCUT2D eigenvalue weighted by atomic mass is 10.2. The van der Waals surface area contributed by atoms with Crippen LogP contribution in [0.3, 0.4) is 0 Å². The Kier molecular flexibility index (Phi) is 6.18. The molecule has 0 atom stereocenters. The van der Waals surface area contributed by atoms with Crippen LogP contribution in [0.15, 0.2) is 29.8 Å². The number of anilines is 2. The third-order valence-electron chi connectivity index (χ3n) is 3.08. The maximum Gasteiger partial charge on any atom is 0.360 e. The minimum atomic E-state index is -0.737. The van der Waals surface area contributed by atoms with Gasteiger partial charge in [0.05, 0.1) is 19.2 Å². The van der Waals surface area contributed by atoms with Crippen LogP contribution in [0.1, 0.15) is 23.8 Å². The number of amides is 1. The predicted molar refractivity (Wildman–Crippen MR) is 88.2 cm³/mol. The summed E-state index contributed by atoms with van der Waals surface area (Å²) in [6.07, 6.45) is -0.548. The number of hydrogen-bond acceptors (Lipinski definition) is 7. The number of hydrogen-bond donors (Lipinski definition) is 0. The van der Waals surface area contributed by atoms with Crippen molar-refractivity contribution in [2.24, 2.45) is 0 Å². The zero-order valence-electron chi connectivity index (χ0n) is 13.5. The first-order valence-corrected chi connectivity index (χ1v) is 8.11. The van der Waals surface area contributed by atoms with Gasteiger partial charge >= 0.3 is 11.9 Å². The number of carbonyl (C=O) groups is 3. The highest BCUT2D eigenvalue weighted by atomic mass is 32.1. The minimum Gasteiger partial charge on any atom is -0.469 e. The standard InChI is InChI=1S/C16H15FN2O5S/c1-3-24-16(22)14-15(25-9-18-14)19(12(20)8-13(21)23-2)11-6-4-10(17)5-7-11/h4-7,9H,3,8H2,1-2H3. The van der Waals surface area contributed by atoms with E-state index in [0.29, 0.717) is 0 Å². The average Bonchev–Trinajstić information content (AvgIpc) is 3.06. The van der Waals surface area contributed by atoms with Gasteiger partial charge in [0.2, 0.25) is 5.91 Å². The van der Waals surface area contributed by atoms with Gasteiger partial charge in [0, 0.05) is 5.69 Å². The third kappa shape index (κ3) is 4.38. The third-order valence-corrected chi connectivity index (χ3v) is 3.89. The van der Waals surface area contributed by atoms with Crippen LogP contribution in [-0.4, -0.2) is 36.5 Å². The second-order valence-corrected chi connectivity index (χ2v) is 5.52. The molecule has 1 heterocycles. The second kappa shape index (κ2) is 8.34. The fraction of sp³-hybridized carbons (Fsp3) is 0.250. The van der Waals surface area contributed by atoms with Crippen molar-refractivity contribution in [2.45, 2.75) is 13.3 Å². The van der Waals surface area contributed by atoms with Crippen molar-refractivity contribution in [1.29, 1.82) is 0 Å². The number of thiazole rings is 1. The lowest BCUT2D eigenvalue weighted by molar-refractivity contribution is -0.143. The molecule has 132 valence electrons. The molecule has 0 radical (unpaired) electrons. The van der Waals surface area contributed by atoms with E-state index in [1.165, 1.54) is 29.8 Å². The molecule has 7 nitrogen and oxygen atoms in total. The Morgan fingerprint density at radius 1 is 1.24 bits per heavy atom. The van der Waals surface area contributed by atoms with Gasteiger partial charge in [0.25, 0.3) is 0 Å². The van der Waals surface area contributed by atoms with Gasteiger partial charge in [-0.1, -0.05) is 0 Å². The quantitative estimate of drug-likeness (QED) is 0.577. The number of benzene rings is 1. The molecule has 25 heavy (non-hydrogen) atoms. The lowest BCUT2D eigenvalue weighted by Crippen LogP contribution is -2.29. The summed E-state index contributed by atoms with van der Waals surface area (Å²) in [5, 5.41) is 0.180. The van der Waals surface area contributed by atoms with E-state index < -0.39 is 30.1 Å². The van der Waals surface area contributed by atoms with Crippen molar-refractivity contribution in [1.82, 2.24) is 4.98 Å². The molecule has 0 aliphatic heterocycles. The minimum absolute atomic E-state index is 0.0607. The summed E-state index contributed by atoms with van der Waals surface area (Å²) in [5.74, 6) is -2.57. The topological polar surface area (TPSA) is 85.8 Å². The van der Waals surface area contributed by atoms with E-state index in [0.717, 1.165) is 23.3 Å². The molecule has 1 amide bonds. The number of methoxy groups -OCH3 is 1. The summed E-state index contributed by atoms with van der Waals surface area (Å²) in [6, 6.07) is 5.05. The Morgan fingerprint density at radius 3 is 2.52 bits per heavy atom. The smallest absolute Gasteiger partial charge is 0.360 e. The average molecular weight is 366 g/mol. The zero-order chi connectivity index (χ0) is 18.4. The van der Waals surface area contributed by atoms with Gasteiger partial charge in [-0.05, 0) is 31.2 Å². The van der Waals surface area contributed by atoms with E-state index in [2.05, 4.69) is 9.72 Å². The first-order valence-electron chi connectivity index (χ1n) is 7.23. The van der Waals surface area contributed by atoms with E-state index in [4.69, 9.17) is 4.74 Å². The Morgan fingerprint density at radius 2 is 1.92 bits per heavy atom. The Hall–Kier alpha value is -2.81. The van der Waals surface area contributed by atoms with Crippen molar-refractivity contribution in [3.05, 3.63) is 41.3 Å². The molecule has 2 aromatic rings. The van der Waals surface area contributed by atoms with E-state index in [1.807, 2.05) is 0 Å². The molecule has 0 fully saturated rings. The molecule has 0 spiro atoms. The van der Waals surface area contributed by atoms with Gasteiger partial charge in [0.15, 0.2) is 5.69 Å². The van der Waals surface area contributed by atoms with Crippen LogP contribution < -0.4 is 4.90 Å².